The monoisotopic (exact) mass is 285 g/mol. The summed E-state index contributed by atoms with van der Waals surface area (Å²) in [5.41, 5.74) is 9.33. The Morgan fingerprint density at radius 1 is 1.16 bits per heavy atom. The van der Waals surface area contributed by atoms with Gasteiger partial charge in [0.15, 0.2) is 0 Å². The van der Waals surface area contributed by atoms with E-state index in [0.29, 0.717) is 0 Å². The maximum atomic E-state index is 6.52. The number of aryl methyl sites for hydroxylation is 2. The van der Waals surface area contributed by atoms with Gasteiger partial charge >= 0.3 is 0 Å². The Morgan fingerprint density at radius 2 is 2.11 bits per heavy atom. The molecule has 2 N–H and O–H groups in total. The minimum absolute atomic E-state index is 0.0259. The lowest BCUT2D eigenvalue weighted by atomic mass is 10.0. The summed E-state index contributed by atoms with van der Waals surface area (Å²) >= 11 is 3.71. The van der Waals surface area contributed by atoms with E-state index in [1.165, 1.54) is 45.4 Å². The zero-order chi connectivity index (χ0) is 12.8. The van der Waals surface area contributed by atoms with Crippen LogP contribution in [0.25, 0.3) is 10.1 Å². The molecule has 19 heavy (non-hydrogen) atoms. The summed E-state index contributed by atoms with van der Waals surface area (Å²) in [4.78, 5) is 2.88. The minimum Gasteiger partial charge on any atom is -0.320 e. The Hall–Kier alpha value is -1.16. The van der Waals surface area contributed by atoms with Gasteiger partial charge < -0.3 is 5.73 Å². The van der Waals surface area contributed by atoms with Crippen LogP contribution in [0.5, 0.6) is 0 Å². The van der Waals surface area contributed by atoms with Crippen LogP contribution in [0, 0.1) is 0 Å². The van der Waals surface area contributed by atoms with Crippen LogP contribution in [-0.2, 0) is 12.8 Å². The third kappa shape index (κ3) is 1.84. The number of nitrogens with two attached hydrogens (primary N) is 1. The van der Waals surface area contributed by atoms with Crippen LogP contribution in [0.4, 0.5) is 0 Å². The van der Waals surface area contributed by atoms with Crippen LogP contribution >= 0.6 is 22.7 Å². The van der Waals surface area contributed by atoms with Crippen molar-refractivity contribution >= 4 is 32.8 Å². The highest BCUT2D eigenvalue weighted by atomic mass is 32.1. The fourth-order valence-electron chi connectivity index (χ4n) is 2.92. The molecule has 1 aliphatic rings. The molecular formula is C16H15NS2. The highest BCUT2D eigenvalue weighted by Crippen LogP contribution is 2.37. The standard InChI is InChI=1S/C16H15NS2/c17-15(14-9-11-4-2-6-13(11)19-14)12-5-1-3-10-7-8-18-16(10)12/h1,3,5,7-9,15H,2,4,6,17H2. The summed E-state index contributed by atoms with van der Waals surface area (Å²) in [5.74, 6) is 0. The van der Waals surface area contributed by atoms with E-state index < -0.39 is 0 Å². The minimum atomic E-state index is 0.0259. The lowest BCUT2D eigenvalue weighted by molar-refractivity contribution is 0.889. The average Bonchev–Trinajstić information content (AvgIpc) is 3.11. The van der Waals surface area contributed by atoms with E-state index in [-0.39, 0.29) is 6.04 Å². The van der Waals surface area contributed by atoms with Gasteiger partial charge in [-0.3, -0.25) is 0 Å². The number of hydrogen-bond donors (Lipinski definition) is 1. The summed E-state index contributed by atoms with van der Waals surface area (Å²) in [6, 6.07) is 11.0. The zero-order valence-corrected chi connectivity index (χ0v) is 12.2. The Morgan fingerprint density at radius 3 is 3.00 bits per heavy atom. The molecule has 0 saturated heterocycles. The van der Waals surface area contributed by atoms with Gasteiger partial charge in [0.05, 0.1) is 6.04 Å². The summed E-state index contributed by atoms with van der Waals surface area (Å²) < 4.78 is 1.34. The molecule has 0 spiro atoms. The van der Waals surface area contributed by atoms with E-state index in [2.05, 4.69) is 35.7 Å². The van der Waals surface area contributed by atoms with Crippen LogP contribution in [0.15, 0.2) is 35.7 Å². The first-order valence-electron chi connectivity index (χ1n) is 6.66. The molecule has 0 bridgehead atoms. The molecule has 0 radical (unpaired) electrons. The number of rotatable bonds is 2. The summed E-state index contributed by atoms with van der Waals surface area (Å²) in [5, 5.41) is 3.46. The first kappa shape index (κ1) is 11.6. The van der Waals surface area contributed by atoms with E-state index in [1.54, 1.807) is 16.2 Å². The Balaban J connectivity index is 1.80. The van der Waals surface area contributed by atoms with Crippen molar-refractivity contribution in [3.63, 3.8) is 0 Å². The largest absolute Gasteiger partial charge is 0.320 e. The fraction of sp³-hybridized carbons (Fsp3) is 0.250. The summed E-state index contributed by atoms with van der Waals surface area (Å²) in [7, 11) is 0. The van der Waals surface area contributed by atoms with Crippen molar-refractivity contribution in [1.82, 2.24) is 0 Å². The van der Waals surface area contributed by atoms with Gasteiger partial charge in [-0.25, -0.2) is 0 Å². The highest BCUT2D eigenvalue weighted by Gasteiger charge is 2.20. The van der Waals surface area contributed by atoms with Crippen molar-refractivity contribution in [3.8, 4) is 0 Å². The molecule has 3 heteroatoms. The first-order chi connectivity index (χ1) is 9.33. The van der Waals surface area contributed by atoms with Gasteiger partial charge in [-0.15, -0.1) is 22.7 Å². The fourth-order valence-corrected chi connectivity index (χ4v) is 5.15. The topological polar surface area (TPSA) is 26.0 Å². The summed E-state index contributed by atoms with van der Waals surface area (Å²) in [6.07, 6.45) is 3.80. The predicted octanol–water partition coefficient (Wildman–Crippen LogP) is 4.50. The Labute approximate surface area is 120 Å². The van der Waals surface area contributed by atoms with Crippen molar-refractivity contribution < 1.29 is 0 Å². The van der Waals surface area contributed by atoms with E-state index in [0.717, 1.165) is 0 Å². The molecule has 96 valence electrons. The van der Waals surface area contributed by atoms with Gasteiger partial charge in [-0.2, -0.15) is 0 Å². The van der Waals surface area contributed by atoms with Gasteiger partial charge in [-0.05, 0) is 53.3 Å². The van der Waals surface area contributed by atoms with Crippen molar-refractivity contribution in [2.45, 2.75) is 25.3 Å². The highest BCUT2D eigenvalue weighted by molar-refractivity contribution is 7.17. The van der Waals surface area contributed by atoms with Gasteiger partial charge in [0.1, 0.15) is 0 Å². The molecule has 1 atom stereocenters. The predicted molar refractivity (Wildman–Crippen MR) is 84.2 cm³/mol. The SMILES string of the molecule is NC(c1cc2c(s1)CCC2)c1cccc2ccsc12. The lowest BCUT2D eigenvalue weighted by Gasteiger charge is -2.11. The lowest BCUT2D eigenvalue weighted by Crippen LogP contribution is -2.10. The van der Waals surface area contributed by atoms with Gasteiger partial charge in [0.2, 0.25) is 0 Å². The quantitative estimate of drug-likeness (QED) is 0.737. The number of thiophene rings is 2. The normalized spacial score (nSPS) is 15.8. The molecular weight excluding hydrogens is 270 g/mol. The molecule has 2 heterocycles. The van der Waals surface area contributed by atoms with Gasteiger partial charge in [-0.1, -0.05) is 18.2 Å². The zero-order valence-electron chi connectivity index (χ0n) is 10.6. The van der Waals surface area contributed by atoms with Crippen molar-refractivity contribution in [2.75, 3.05) is 0 Å². The van der Waals surface area contributed by atoms with Gasteiger partial charge in [0, 0.05) is 14.5 Å². The maximum absolute atomic E-state index is 6.52. The molecule has 2 aromatic heterocycles. The van der Waals surface area contributed by atoms with Gasteiger partial charge in [0.25, 0.3) is 0 Å². The average molecular weight is 285 g/mol. The second kappa shape index (κ2) is 4.44. The van der Waals surface area contributed by atoms with Crippen LogP contribution in [0.2, 0.25) is 0 Å². The molecule has 1 aromatic carbocycles. The van der Waals surface area contributed by atoms with Crippen LogP contribution < -0.4 is 5.73 Å². The summed E-state index contributed by atoms with van der Waals surface area (Å²) in [6.45, 7) is 0. The van der Waals surface area contributed by atoms with Crippen molar-refractivity contribution in [1.29, 1.82) is 0 Å². The second-order valence-electron chi connectivity index (χ2n) is 5.11. The molecule has 0 saturated carbocycles. The maximum Gasteiger partial charge on any atom is 0.0660 e. The number of benzene rings is 1. The first-order valence-corrected chi connectivity index (χ1v) is 8.36. The molecule has 0 amide bonds. The molecule has 1 nitrogen and oxygen atoms in total. The molecule has 1 aliphatic carbocycles. The van der Waals surface area contributed by atoms with Crippen LogP contribution in [0.3, 0.4) is 0 Å². The second-order valence-corrected chi connectivity index (χ2v) is 7.20. The molecule has 1 unspecified atom stereocenters. The third-order valence-electron chi connectivity index (χ3n) is 3.92. The molecule has 0 fully saturated rings. The van der Waals surface area contributed by atoms with E-state index >= 15 is 0 Å². The van der Waals surface area contributed by atoms with Crippen LogP contribution in [-0.4, -0.2) is 0 Å². The van der Waals surface area contributed by atoms with E-state index in [1.807, 2.05) is 11.3 Å². The third-order valence-corrected chi connectivity index (χ3v) is 6.22. The Kier molecular flexibility index (Phi) is 2.72. The number of fused-ring (bicyclic) bond motifs is 2. The van der Waals surface area contributed by atoms with Crippen LogP contribution in [0.1, 0.15) is 33.3 Å². The molecule has 3 aromatic rings. The molecule has 4 rings (SSSR count). The van der Waals surface area contributed by atoms with Crippen molar-refractivity contribution in [2.24, 2.45) is 5.73 Å². The smallest absolute Gasteiger partial charge is 0.0660 e. The Bertz CT molecular complexity index is 717. The van der Waals surface area contributed by atoms with E-state index in [4.69, 9.17) is 5.73 Å². The molecule has 0 aliphatic heterocycles. The van der Waals surface area contributed by atoms with Crippen molar-refractivity contribution in [3.05, 3.63) is 56.6 Å². The van der Waals surface area contributed by atoms with E-state index in [9.17, 15) is 0 Å². The number of hydrogen-bond acceptors (Lipinski definition) is 3.